The van der Waals surface area contributed by atoms with Crippen LogP contribution >= 0.6 is 0 Å². The van der Waals surface area contributed by atoms with Crippen molar-refractivity contribution in [1.82, 2.24) is 0 Å². The number of esters is 1. The van der Waals surface area contributed by atoms with Crippen LogP contribution in [0.5, 0.6) is 17.2 Å². The van der Waals surface area contributed by atoms with Crippen molar-refractivity contribution >= 4 is 11.8 Å². The maximum absolute atomic E-state index is 13.1. The fraction of sp³-hybridized carbons (Fsp3) is 0.0909. The molecule has 0 amide bonds. The Morgan fingerprint density at radius 3 is 1.80 bits per heavy atom. The molecule has 5 heteroatoms. The predicted molar refractivity (Wildman–Crippen MR) is 191 cm³/mol. The number of ether oxygens (including phenoxy) is 3. The third-order valence-corrected chi connectivity index (χ3v) is 9.16. The predicted octanol–water partition coefficient (Wildman–Crippen LogP) is 9.62. The Morgan fingerprint density at radius 1 is 0.673 bits per heavy atom. The highest BCUT2D eigenvalue weighted by molar-refractivity contribution is 6.09. The van der Waals surface area contributed by atoms with Crippen molar-refractivity contribution in [3.8, 4) is 28.4 Å². The van der Waals surface area contributed by atoms with Gasteiger partial charge in [0.15, 0.2) is 5.78 Å². The molecule has 0 aliphatic heterocycles. The molecule has 1 aliphatic carbocycles. The number of hydrogen-bond donors (Lipinski definition) is 0. The van der Waals surface area contributed by atoms with Gasteiger partial charge in [0.2, 0.25) is 0 Å². The molecule has 0 unspecified atom stereocenters. The summed E-state index contributed by atoms with van der Waals surface area (Å²) in [6.07, 6.45) is 1.15. The number of hydrogen-bond acceptors (Lipinski definition) is 5. The van der Waals surface area contributed by atoms with E-state index in [1.165, 1.54) is 27.8 Å². The smallest absolute Gasteiger partial charge is 0.330 e. The lowest BCUT2D eigenvalue weighted by Gasteiger charge is -2.34. The molecule has 0 aromatic heterocycles. The van der Waals surface area contributed by atoms with Gasteiger partial charge >= 0.3 is 5.97 Å². The van der Waals surface area contributed by atoms with Crippen LogP contribution in [0.1, 0.15) is 49.3 Å². The largest absolute Gasteiger partial charge is 0.497 e. The van der Waals surface area contributed by atoms with Gasteiger partial charge in [-0.2, -0.15) is 0 Å². The Balaban J connectivity index is 1.31. The molecule has 0 heterocycles. The highest BCUT2D eigenvalue weighted by Gasteiger charge is 2.46. The third-order valence-electron chi connectivity index (χ3n) is 9.16. The van der Waals surface area contributed by atoms with E-state index in [0.717, 1.165) is 17.2 Å². The normalized spacial score (nSPS) is 12.4. The molecule has 240 valence electrons. The number of carbonyl (C=O) groups is 2. The highest BCUT2D eigenvalue weighted by atomic mass is 16.5. The molecule has 5 nitrogen and oxygen atoms in total. The SMILES string of the molecule is C=CC(=O)OCc1cc(C2(c3ccc(C)cc3)c3ccccc3-c3ccccc32)ccc1Oc1ccc(C(=O)c2ccc(OC)cc2)cc1. The molecular weight excluding hydrogens is 608 g/mol. The van der Waals surface area contributed by atoms with Crippen LogP contribution in [0.3, 0.4) is 0 Å². The summed E-state index contributed by atoms with van der Waals surface area (Å²) in [4.78, 5) is 25.4. The van der Waals surface area contributed by atoms with E-state index < -0.39 is 11.4 Å². The van der Waals surface area contributed by atoms with E-state index in [0.29, 0.717) is 33.9 Å². The van der Waals surface area contributed by atoms with Crippen molar-refractivity contribution < 1.29 is 23.8 Å². The van der Waals surface area contributed by atoms with Crippen LogP contribution in [-0.4, -0.2) is 18.9 Å². The first kappa shape index (κ1) is 31.4. The van der Waals surface area contributed by atoms with Crippen molar-refractivity contribution in [2.75, 3.05) is 7.11 Å². The van der Waals surface area contributed by atoms with Gasteiger partial charge in [0.05, 0.1) is 12.5 Å². The number of aryl methyl sites for hydroxylation is 1. The summed E-state index contributed by atoms with van der Waals surface area (Å²) in [5.74, 6) is 1.14. The quantitative estimate of drug-likeness (QED) is 0.0845. The molecular formula is C44H34O5. The minimum Gasteiger partial charge on any atom is -0.497 e. The van der Waals surface area contributed by atoms with E-state index in [2.05, 4.69) is 98.4 Å². The van der Waals surface area contributed by atoms with Crippen LogP contribution < -0.4 is 9.47 Å². The van der Waals surface area contributed by atoms with Gasteiger partial charge in [-0.3, -0.25) is 4.79 Å². The van der Waals surface area contributed by atoms with Gasteiger partial charge < -0.3 is 14.2 Å². The zero-order chi connectivity index (χ0) is 34.0. The summed E-state index contributed by atoms with van der Waals surface area (Å²) in [5.41, 5.74) is 9.23. The molecule has 6 aromatic carbocycles. The van der Waals surface area contributed by atoms with Crippen LogP contribution in [0.2, 0.25) is 0 Å². The number of ketones is 1. The molecule has 0 spiro atoms. The molecule has 49 heavy (non-hydrogen) atoms. The van der Waals surface area contributed by atoms with E-state index in [1.54, 1.807) is 55.6 Å². The van der Waals surface area contributed by atoms with Gasteiger partial charge in [-0.05, 0) is 101 Å². The summed E-state index contributed by atoms with van der Waals surface area (Å²) in [6, 6.07) is 45.9. The van der Waals surface area contributed by atoms with E-state index in [1.807, 2.05) is 6.07 Å². The minimum absolute atomic E-state index is 0.0185. The van der Waals surface area contributed by atoms with Crippen LogP contribution in [0, 0.1) is 6.92 Å². The number of benzene rings is 6. The van der Waals surface area contributed by atoms with E-state index in [-0.39, 0.29) is 12.4 Å². The van der Waals surface area contributed by atoms with E-state index in [4.69, 9.17) is 14.2 Å². The van der Waals surface area contributed by atoms with E-state index >= 15 is 0 Å². The average molecular weight is 643 g/mol. The van der Waals surface area contributed by atoms with Crippen molar-refractivity contribution in [1.29, 1.82) is 0 Å². The first-order valence-electron chi connectivity index (χ1n) is 16.1. The second kappa shape index (κ2) is 13.1. The Morgan fingerprint density at radius 2 is 1.22 bits per heavy atom. The summed E-state index contributed by atoms with van der Waals surface area (Å²) < 4.78 is 17.2. The van der Waals surface area contributed by atoms with Crippen molar-refractivity contribution in [2.24, 2.45) is 0 Å². The molecule has 0 saturated carbocycles. The van der Waals surface area contributed by atoms with Gasteiger partial charge in [0, 0.05) is 22.8 Å². The fourth-order valence-electron chi connectivity index (χ4n) is 6.77. The number of rotatable bonds is 10. The topological polar surface area (TPSA) is 61.8 Å². The lowest BCUT2D eigenvalue weighted by molar-refractivity contribution is -0.139. The summed E-state index contributed by atoms with van der Waals surface area (Å²) in [7, 11) is 1.59. The Kier molecular flexibility index (Phi) is 8.41. The van der Waals surface area contributed by atoms with E-state index in [9.17, 15) is 9.59 Å². The van der Waals surface area contributed by atoms with Gasteiger partial charge in [0.25, 0.3) is 0 Å². The third kappa shape index (κ3) is 5.70. The molecule has 0 bridgehead atoms. The maximum atomic E-state index is 13.1. The first-order chi connectivity index (χ1) is 23.9. The standard InChI is InChI=1S/C44H34O5/c1-4-42(45)48-28-32-27-34(21-26-41(32)49-36-24-17-31(18-25-36)43(46)30-15-22-35(47-3)23-16-30)44(33-19-13-29(2)14-20-33)39-11-7-5-9-37(39)38-10-6-8-12-40(38)44/h4-27H,1,28H2,2-3H3. The van der Waals surface area contributed by atoms with Crippen LogP contribution in [-0.2, 0) is 21.6 Å². The Hall–Kier alpha value is -6.20. The molecule has 0 fully saturated rings. The molecule has 6 aromatic rings. The van der Waals surface area contributed by atoms with Crippen molar-refractivity contribution in [3.05, 3.63) is 197 Å². The maximum Gasteiger partial charge on any atom is 0.330 e. The average Bonchev–Trinajstić information content (AvgIpc) is 3.45. The zero-order valence-corrected chi connectivity index (χ0v) is 27.3. The molecule has 0 saturated heterocycles. The molecule has 0 N–H and O–H groups in total. The van der Waals surface area contributed by atoms with Crippen molar-refractivity contribution in [3.63, 3.8) is 0 Å². The lowest BCUT2D eigenvalue weighted by Crippen LogP contribution is -2.28. The highest BCUT2D eigenvalue weighted by Crippen LogP contribution is 2.56. The fourth-order valence-corrected chi connectivity index (χ4v) is 6.77. The van der Waals surface area contributed by atoms with Crippen LogP contribution in [0.25, 0.3) is 11.1 Å². The molecule has 1 aliphatic rings. The van der Waals surface area contributed by atoms with Gasteiger partial charge in [-0.15, -0.1) is 0 Å². The zero-order valence-electron chi connectivity index (χ0n) is 27.3. The van der Waals surface area contributed by atoms with Gasteiger partial charge in [-0.25, -0.2) is 4.79 Å². The Labute approximate surface area is 286 Å². The summed E-state index contributed by atoms with van der Waals surface area (Å²) in [6.45, 7) is 5.64. The minimum atomic E-state index is -0.625. The molecule has 7 rings (SSSR count). The summed E-state index contributed by atoms with van der Waals surface area (Å²) >= 11 is 0. The molecule has 0 atom stereocenters. The molecule has 0 radical (unpaired) electrons. The number of methoxy groups -OCH3 is 1. The monoisotopic (exact) mass is 642 g/mol. The summed E-state index contributed by atoms with van der Waals surface area (Å²) in [5, 5.41) is 0. The number of fused-ring (bicyclic) bond motifs is 3. The first-order valence-corrected chi connectivity index (χ1v) is 16.1. The van der Waals surface area contributed by atoms with Crippen LogP contribution in [0.4, 0.5) is 0 Å². The second-order valence-electron chi connectivity index (χ2n) is 12.0. The Bertz CT molecular complexity index is 2130. The van der Waals surface area contributed by atoms with Crippen LogP contribution in [0.15, 0.2) is 152 Å². The van der Waals surface area contributed by atoms with Gasteiger partial charge in [0.1, 0.15) is 23.9 Å². The second-order valence-corrected chi connectivity index (χ2v) is 12.0. The van der Waals surface area contributed by atoms with Crippen molar-refractivity contribution in [2.45, 2.75) is 18.9 Å². The lowest BCUT2D eigenvalue weighted by atomic mass is 9.67. The van der Waals surface area contributed by atoms with Gasteiger partial charge in [-0.1, -0.05) is 91.0 Å². The number of carbonyl (C=O) groups excluding carboxylic acids is 2.